The van der Waals surface area contributed by atoms with Gasteiger partial charge >= 0.3 is 8.25 Å². The minimum Gasteiger partial charge on any atom is -0.598 e. The van der Waals surface area contributed by atoms with E-state index in [1.807, 2.05) is 58.7 Å². The number of anilines is 2. The van der Waals surface area contributed by atoms with Crippen LogP contribution in [-0.4, -0.2) is 78.1 Å². The summed E-state index contributed by atoms with van der Waals surface area (Å²) in [5.74, 6) is 1.06. The average molecular weight is 901 g/mol. The summed E-state index contributed by atoms with van der Waals surface area (Å²) in [5.41, 5.74) is 2.47. The molecule has 18 heteroatoms. The van der Waals surface area contributed by atoms with Gasteiger partial charge in [-0.2, -0.15) is 4.98 Å². The summed E-state index contributed by atoms with van der Waals surface area (Å²) < 4.78 is 67.2. The van der Waals surface area contributed by atoms with E-state index in [4.69, 9.17) is 27.9 Å². The Balaban J connectivity index is 1.56. The molecule has 2 aliphatic heterocycles. The van der Waals surface area contributed by atoms with Crippen LogP contribution in [0.1, 0.15) is 126 Å². The van der Waals surface area contributed by atoms with Crippen LogP contribution in [0.3, 0.4) is 0 Å². The van der Waals surface area contributed by atoms with E-state index in [1.54, 1.807) is 12.1 Å². The van der Waals surface area contributed by atoms with E-state index in [0.717, 1.165) is 36.2 Å². The summed E-state index contributed by atoms with van der Waals surface area (Å²) in [6, 6.07) is 6.95. The second-order valence-corrected chi connectivity index (χ2v) is 35.0. The molecule has 5 atom stereocenters. The molecule has 4 heterocycles. The minimum absolute atomic E-state index is 0.0516. The van der Waals surface area contributed by atoms with Gasteiger partial charge in [0.25, 0.3) is 0 Å². The number of aromatic nitrogens is 2. The van der Waals surface area contributed by atoms with Crippen LogP contribution in [0.2, 0.25) is 36.3 Å². The van der Waals surface area contributed by atoms with Crippen LogP contribution in [0.5, 0.6) is 11.8 Å². The predicted octanol–water partition coefficient (Wildman–Crippen LogP) is 9.32. The highest BCUT2D eigenvalue weighted by atomic mass is 32.2. The summed E-state index contributed by atoms with van der Waals surface area (Å²) in [4.78, 5) is 15.1. The van der Waals surface area contributed by atoms with E-state index in [9.17, 15) is 13.7 Å². The van der Waals surface area contributed by atoms with Gasteiger partial charge in [-0.1, -0.05) is 41.5 Å². The lowest BCUT2D eigenvalue weighted by Crippen LogP contribution is -2.51. The van der Waals surface area contributed by atoms with Crippen molar-refractivity contribution in [3.8, 4) is 11.8 Å². The quantitative estimate of drug-likeness (QED) is 0.0935. The first kappa shape index (κ1) is 49.3. The summed E-state index contributed by atoms with van der Waals surface area (Å²) in [6.07, 6.45) is 2.26. The molecule has 0 aliphatic carbocycles. The van der Waals surface area contributed by atoms with Gasteiger partial charge in [0.2, 0.25) is 11.8 Å². The molecule has 2 aliphatic rings. The lowest BCUT2D eigenvalue weighted by Gasteiger charge is -2.39. The molecule has 330 valence electrons. The highest BCUT2D eigenvalue weighted by molar-refractivity contribution is 7.91. The molecule has 0 fully saturated rings. The van der Waals surface area contributed by atoms with Gasteiger partial charge in [0, 0.05) is 61.2 Å². The third-order valence-corrected chi connectivity index (χ3v) is 24.7. The lowest BCUT2D eigenvalue weighted by molar-refractivity contribution is 0.266. The smallest absolute Gasteiger partial charge is 0.421 e. The lowest BCUT2D eigenvalue weighted by atomic mass is 9.92. The van der Waals surface area contributed by atoms with E-state index in [1.165, 1.54) is 0 Å². The Kier molecular flexibility index (Phi) is 16.1. The van der Waals surface area contributed by atoms with Crippen LogP contribution in [-0.2, 0) is 36.1 Å². The van der Waals surface area contributed by atoms with Crippen molar-refractivity contribution in [2.75, 3.05) is 42.8 Å². The molecule has 0 saturated heterocycles. The average Bonchev–Trinajstić information content (AvgIpc) is 3.07. The fraction of sp³-hybridized carbons (Fsp3) is 0.750. The number of hydrogen-bond acceptors (Lipinski definition) is 13. The molecule has 0 spiro atoms. The van der Waals surface area contributed by atoms with Gasteiger partial charge < -0.3 is 31.9 Å². The first-order chi connectivity index (χ1) is 26.5. The molecular formula is C40H73N6O7PS2Si2. The standard InChI is InChI=1S/C40H73N6O7PS2Si2/c1-37(2,3)55(48)43-31-22-24-45(26-28-51-58(15,16)40(10,11)12)36-30(31)17-19-34(42-36)53-54(47)52-33-20-18-32-35(41-33)29(23-27-50-57(13,14)39(7,8)9)21-25-46(32)44-56(49)38(4,5)6/h17-20,29,31,43-44,54H,21-28H2,1-16H3. The Bertz CT molecular complexity index is 1600. The van der Waals surface area contributed by atoms with Gasteiger partial charge in [-0.15, -0.1) is 4.72 Å². The van der Waals surface area contributed by atoms with Crippen molar-refractivity contribution < 1.29 is 31.6 Å². The first-order valence-corrected chi connectivity index (χ1v) is 29.9. The molecule has 0 saturated carbocycles. The second-order valence-electron chi connectivity index (χ2n) is 20.5. The van der Waals surface area contributed by atoms with Crippen molar-refractivity contribution in [1.82, 2.24) is 19.5 Å². The Morgan fingerprint density at radius 1 is 0.776 bits per heavy atom. The molecule has 0 bridgehead atoms. The van der Waals surface area contributed by atoms with Gasteiger partial charge in [-0.3, -0.25) is 5.01 Å². The summed E-state index contributed by atoms with van der Waals surface area (Å²) >= 11 is -2.63. The van der Waals surface area contributed by atoms with Gasteiger partial charge in [0.05, 0.1) is 35.4 Å². The Hall–Kier alpha value is -1.38. The molecule has 0 amide bonds. The van der Waals surface area contributed by atoms with Crippen LogP contribution >= 0.6 is 8.25 Å². The van der Waals surface area contributed by atoms with E-state index < -0.39 is 57.1 Å². The molecule has 5 unspecified atom stereocenters. The van der Waals surface area contributed by atoms with Gasteiger partial charge in [-0.05, 0) is 114 Å². The SMILES string of the molecule is CC(C)(C)[S+]([O-])NC1CCN(CCO[Si](C)(C)C(C)(C)C)c2nc(O[PH](=O)Oc3ccc4c(n3)C(CCO[Si](C)(C)C(C)(C)C)CCN4N[S+]([O-])C(C)(C)C)ccc21. The number of hydrazine groups is 1. The molecule has 58 heavy (non-hydrogen) atoms. The normalized spacial score (nSPS) is 20.0. The number of fused-ring (bicyclic) bond motifs is 2. The maximum Gasteiger partial charge on any atom is 0.421 e. The van der Waals surface area contributed by atoms with E-state index in [2.05, 4.69) is 82.2 Å². The van der Waals surface area contributed by atoms with E-state index >= 15 is 0 Å². The van der Waals surface area contributed by atoms with Gasteiger partial charge in [0.1, 0.15) is 15.3 Å². The number of nitrogens with zero attached hydrogens (tertiary/aromatic N) is 4. The molecule has 4 rings (SSSR count). The molecule has 13 nitrogen and oxygen atoms in total. The van der Waals surface area contributed by atoms with Crippen LogP contribution < -0.4 is 28.5 Å². The Labute approximate surface area is 358 Å². The van der Waals surface area contributed by atoms with Gasteiger partial charge in [-0.25, -0.2) is 9.55 Å². The van der Waals surface area contributed by atoms with Crippen molar-refractivity contribution in [1.29, 1.82) is 0 Å². The third-order valence-electron chi connectivity index (χ3n) is 11.8. The van der Waals surface area contributed by atoms with E-state index in [0.29, 0.717) is 38.7 Å². The summed E-state index contributed by atoms with van der Waals surface area (Å²) in [6.45, 7) is 37.1. The maximum absolute atomic E-state index is 13.6. The minimum atomic E-state index is -3.16. The number of pyridine rings is 2. The zero-order valence-electron chi connectivity index (χ0n) is 38.1. The first-order valence-electron chi connectivity index (χ1n) is 20.6. The van der Waals surface area contributed by atoms with Gasteiger partial charge in [0.15, 0.2) is 16.6 Å². The zero-order chi connectivity index (χ0) is 43.6. The zero-order valence-corrected chi connectivity index (χ0v) is 42.7. The number of nitrogens with one attached hydrogen (secondary N) is 2. The molecule has 2 aromatic rings. The Morgan fingerprint density at radius 2 is 1.33 bits per heavy atom. The van der Waals surface area contributed by atoms with Crippen molar-refractivity contribution in [2.45, 2.75) is 160 Å². The monoisotopic (exact) mass is 900 g/mol. The molecule has 2 N–H and O–H groups in total. The predicted molar refractivity (Wildman–Crippen MR) is 246 cm³/mol. The number of rotatable bonds is 16. The second kappa shape index (κ2) is 18.9. The molecule has 2 aromatic heterocycles. The van der Waals surface area contributed by atoms with Crippen molar-refractivity contribution >= 4 is 59.1 Å². The molecular weight excluding hydrogens is 828 g/mol. The van der Waals surface area contributed by atoms with E-state index in [-0.39, 0.29) is 33.8 Å². The fourth-order valence-corrected chi connectivity index (χ4v) is 10.1. The summed E-state index contributed by atoms with van der Waals surface area (Å²) in [7, 11) is -7.08. The summed E-state index contributed by atoms with van der Waals surface area (Å²) in [5, 5.41) is 2.08. The fourth-order valence-electron chi connectivity index (χ4n) is 5.90. The third kappa shape index (κ3) is 12.8. The van der Waals surface area contributed by atoms with Crippen molar-refractivity contribution in [2.24, 2.45) is 0 Å². The molecule has 0 aromatic carbocycles. The molecule has 0 radical (unpaired) electrons. The van der Waals surface area contributed by atoms with Crippen molar-refractivity contribution in [3.05, 3.63) is 35.5 Å². The maximum atomic E-state index is 13.6. The van der Waals surface area contributed by atoms with Crippen molar-refractivity contribution in [3.63, 3.8) is 0 Å². The van der Waals surface area contributed by atoms with Crippen LogP contribution in [0.15, 0.2) is 24.3 Å². The number of hydrogen-bond donors (Lipinski definition) is 2. The van der Waals surface area contributed by atoms with Crippen LogP contribution in [0.4, 0.5) is 11.5 Å². The highest BCUT2D eigenvalue weighted by Gasteiger charge is 2.40. The topological polar surface area (TPSA) is 156 Å². The van der Waals surface area contributed by atoms with Crippen LogP contribution in [0.25, 0.3) is 0 Å². The highest BCUT2D eigenvalue weighted by Crippen LogP contribution is 2.42. The Morgan fingerprint density at radius 3 is 1.90 bits per heavy atom. The largest absolute Gasteiger partial charge is 0.598 e. The van der Waals surface area contributed by atoms with Crippen LogP contribution in [0, 0.1) is 0 Å².